The molecule has 0 fully saturated rings. The average molecular weight is 496 g/mol. The molecule has 1 aliphatic rings. The lowest BCUT2D eigenvalue weighted by molar-refractivity contribution is 0.298. The lowest BCUT2D eigenvalue weighted by Crippen LogP contribution is -2.22. The zero-order valence-corrected chi connectivity index (χ0v) is 17.9. The largest absolute Gasteiger partial charge is 0.488 e. The summed E-state index contributed by atoms with van der Waals surface area (Å²) >= 11 is 9.42. The van der Waals surface area contributed by atoms with Crippen LogP contribution >= 0.6 is 27.5 Å². The van der Waals surface area contributed by atoms with E-state index in [1.54, 1.807) is 42.5 Å². The number of sulfonamides is 1. The number of para-hydroxylation sites is 1. The van der Waals surface area contributed by atoms with Crippen molar-refractivity contribution in [3.8, 4) is 5.75 Å². The fraction of sp³-hybridized carbons (Fsp3) is 0.0500. The van der Waals surface area contributed by atoms with E-state index in [1.165, 1.54) is 18.2 Å². The molecule has 9 heteroatoms. The van der Waals surface area contributed by atoms with E-state index in [-0.39, 0.29) is 27.9 Å². The number of hydrogen-bond donors (Lipinski definition) is 1. The molecule has 0 atom stereocenters. The van der Waals surface area contributed by atoms with E-state index in [4.69, 9.17) is 16.3 Å². The zero-order chi connectivity index (χ0) is 20.6. The fourth-order valence-electron chi connectivity index (χ4n) is 2.82. The Bertz CT molecular complexity index is 1230. The molecule has 0 spiro atoms. The molecule has 1 aliphatic heterocycles. The molecule has 0 unspecified atom stereocenters. The zero-order valence-electron chi connectivity index (χ0n) is 14.7. The van der Waals surface area contributed by atoms with Gasteiger partial charge < -0.3 is 10.1 Å². The molecule has 0 amide bonds. The van der Waals surface area contributed by atoms with Gasteiger partial charge in [-0.2, -0.15) is 8.42 Å². The minimum absolute atomic E-state index is 0.0512. The molecular weight excluding hydrogens is 483 g/mol. The van der Waals surface area contributed by atoms with Gasteiger partial charge in [-0.05, 0) is 58.4 Å². The number of anilines is 1. The van der Waals surface area contributed by atoms with Crippen molar-refractivity contribution in [2.45, 2.75) is 11.5 Å². The minimum Gasteiger partial charge on any atom is -0.488 e. The van der Waals surface area contributed by atoms with E-state index in [2.05, 4.69) is 25.6 Å². The van der Waals surface area contributed by atoms with Gasteiger partial charge in [0, 0.05) is 11.1 Å². The van der Waals surface area contributed by atoms with E-state index in [0.29, 0.717) is 21.5 Å². The molecule has 1 N–H and O–H groups in total. The van der Waals surface area contributed by atoms with Gasteiger partial charge in [-0.3, -0.25) is 0 Å². The van der Waals surface area contributed by atoms with Gasteiger partial charge in [-0.1, -0.05) is 29.8 Å². The maximum Gasteiger partial charge on any atom is 0.286 e. The van der Waals surface area contributed by atoms with Gasteiger partial charge in [-0.25, -0.2) is 4.39 Å². The molecule has 0 saturated heterocycles. The standard InChI is InChI=1S/C20H13BrClFN2O3S/c21-14-10-12(20-24-17-6-1-2-7-19(17)29(26,27)25-20)8-9-18(14)28-11-13-15(22)4-3-5-16(13)23/h1-10H,11H2,(H,24,25). The van der Waals surface area contributed by atoms with Crippen molar-refractivity contribution in [1.82, 2.24) is 0 Å². The highest BCUT2D eigenvalue weighted by Gasteiger charge is 2.25. The van der Waals surface area contributed by atoms with Gasteiger partial charge in [0.15, 0.2) is 5.84 Å². The summed E-state index contributed by atoms with van der Waals surface area (Å²) in [5.74, 6) is 0.204. The van der Waals surface area contributed by atoms with E-state index in [0.717, 1.165) is 0 Å². The highest BCUT2D eigenvalue weighted by Crippen LogP contribution is 2.32. The van der Waals surface area contributed by atoms with E-state index in [1.807, 2.05) is 0 Å². The first-order valence-electron chi connectivity index (χ1n) is 8.42. The van der Waals surface area contributed by atoms with Crippen molar-refractivity contribution in [2.24, 2.45) is 4.40 Å². The monoisotopic (exact) mass is 494 g/mol. The first kappa shape index (κ1) is 19.9. The molecule has 148 valence electrons. The summed E-state index contributed by atoms with van der Waals surface area (Å²) in [6.45, 7) is -0.0512. The molecule has 0 bridgehead atoms. The van der Waals surface area contributed by atoms with Crippen molar-refractivity contribution in [2.75, 3.05) is 5.32 Å². The maximum atomic E-state index is 13.9. The molecule has 4 rings (SSSR count). The minimum atomic E-state index is -3.80. The summed E-state index contributed by atoms with van der Waals surface area (Å²) in [6.07, 6.45) is 0. The highest BCUT2D eigenvalue weighted by molar-refractivity contribution is 9.10. The molecule has 1 heterocycles. The second-order valence-corrected chi connectivity index (χ2v) is 9.00. The summed E-state index contributed by atoms with van der Waals surface area (Å²) in [7, 11) is -3.80. The lowest BCUT2D eigenvalue weighted by Gasteiger charge is -2.18. The predicted octanol–water partition coefficient (Wildman–Crippen LogP) is 5.38. The number of amidine groups is 1. The van der Waals surface area contributed by atoms with E-state index in [9.17, 15) is 12.8 Å². The Morgan fingerprint density at radius 1 is 1.10 bits per heavy atom. The number of halogens is 3. The van der Waals surface area contributed by atoms with Crippen LogP contribution in [0, 0.1) is 5.82 Å². The number of nitrogens with zero attached hydrogens (tertiary/aromatic N) is 1. The second kappa shape index (κ2) is 7.78. The van der Waals surface area contributed by atoms with Crippen molar-refractivity contribution in [3.63, 3.8) is 0 Å². The maximum absolute atomic E-state index is 13.9. The van der Waals surface area contributed by atoms with Crippen LogP contribution in [0.5, 0.6) is 5.75 Å². The lowest BCUT2D eigenvalue weighted by atomic mass is 10.2. The number of ether oxygens (including phenoxy) is 1. The van der Waals surface area contributed by atoms with Gasteiger partial charge >= 0.3 is 0 Å². The normalized spacial score (nSPS) is 14.5. The number of hydrogen-bond acceptors (Lipinski definition) is 4. The van der Waals surface area contributed by atoms with Gasteiger partial charge in [0.2, 0.25) is 0 Å². The Hall–Kier alpha value is -2.42. The van der Waals surface area contributed by atoms with Crippen molar-refractivity contribution >= 4 is 49.1 Å². The Kier molecular flexibility index (Phi) is 5.33. The van der Waals surface area contributed by atoms with Crippen molar-refractivity contribution in [3.05, 3.63) is 87.1 Å². The molecule has 3 aromatic rings. The van der Waals surface area contributed by atoms with Gasteiger partial charge in [0.25, 0.3) is 10.0 Å². The third kappa shape index (κ3) is 4.01. The molecule has 0 aliphatic carbocycles. The SMILES string of the molecule is O=S1(=O)N=C(c2ccc(OCc3c(F)cccc3Cl)c(Br)c2)Nc2ccccc21. The van der Waals surface area contributed by atoms with Crippen molar-refractivity contribution < 1.29 is 17.5 Å². The van der Waals surface area contributed by atoms with Crippen LogP contribution in [0.15, 0.2) is 74.4 Å². The molecule has 29 heavy (non-hydrogen) atoms. The quantitative estimate of drug-likeness (QED) is 0.527. The smallest absolute Gasteiger partial charge is 0.286 e. The van der Waals surface area contributed by atoms with Crippen LogP contribution in [0.4, 0.5) is 10.1 Å². The first-order chi connectivity index (χ1) is 13.8. The van der Waals surface area contributed by atoms with E-state index >= 15 is 0 Å². The summed E-state index contributed by atoms with van der Waals surface area (Å²) in [5, 5.41) is 3.31. The van der Waals surface area contributed by atoms with Gasteiger partial charge in [0.1, 0.15) is 23.1 Å². The number of nitrogens with one attached hydrogen (secondary N) is 1. The van der Waals surface area contributed by atoms with Crippen LogP contribution in [0.25, 0.3) is 0 Å². The number of rotatable bonds is 4. The Balaban J connectivity index is 1.59. The van der Waals surface area contributed by atoms with Crippen LogP contribution in [-0.4, -0.2) is 14.3 Å². The fourth-order valence-corrected chi connectivity index (χ4v) is 4.67. The third-order valence-electron chi connectivity index (χ3n) is 4.27. The molecule has 0 saturated carbocycles. The summed E-state index contributed by atoms with van der Waals surface area (Å²) in [4.78, 5) is 0.129. The molecular formula is C20H13BrClFN2O3S. The van der Waals surface area contributed by atoms with Gasteiger partial charge in [0.05, 0.1) is 15.2 Å². The highest BCUT2D eigenvalue weighted by atomic mass is 79.9. The summed E-state index contributed by atoms with van der Waals surface area (Å²) in [5.41, 5.74) is 1.26. The van der Waals surface area contributed by atoms with Crippen LogP contribution in [0.1, 0.15) is 11.1 Å². The van der Waals surface area contributed by atoms with Crippen LogP contribution in [-0.2, 0) is 16.6 Å². The molecule has 0 aromatic heterocycles. The third-order valence-corrected chi connectivity index (χ3v) is 6.58. The topological polar surface area (TPSA) is 67.8 Å². The van der Waals surface area contributed by atoms with Gasteiger partial charge in [-0.15, -0.1) is 4.40 Å². The first-order valence-corrected chi connectivity index (χ1v) is 11.0. The predicted molar refractivity (Wildman–Crippen MR) is 114 cm³/mol. The van der Waals surface area contributed by atoms with Crippen molar-refractivity contribution in [1.29, 1.82) is 0 Å². The molecule has 5 nitrogen and oxygen atoms in total. The molecule has 0 radical (unpaired) electrons. The average Bonchev–Trinajstić information content (AvgIpc) is 2.68. The summed E-state index contributed by atoms with van der Waals surface area (Å²) in [6, 6.07) is 16.0. The Labute approximate surface area is 180 Å². The Morgan fingerprint density at radius 3 is 2.66 bits per heavy atom. The second-order valence-electron chi connectivity index (χ2n) is 6.17. The summed E-state index contributed by atoms with van der Waals surface area (Å²) < 4.78 is 48.8. The Morgan fingerprint density at radius 2 is 1.90 bits per heavy atom. The van der Waals surface area contributed by atoms with E-state index < -0.39 is 15.8 Å². The van der Waals surface area contributed by atoms with Crippen LogP contribution in [0.3, 0.4) is 0 Å². The molecule has 3 aromatic carbocycles. The van der Waals surface area contributed by atoms with Crippen LogP contribution in [0.2, 0.25) is 5.02 Å². The number of fused-ring (bicyclic) bond motifs is 1. The van der Waals surface area contributed by atoms with Crippen LogP contribution < -0.4 is 10.1 Å². The number of benzene rings is 3.